The third-order valence-electron chi connectivity index (χ3n) is 7.09. The van der Waals surface area contributed by atoms with Crippen LogP contribution in [-0.4, -0.2) is 42.6 Å². The first-order valence-electron chi connectivity index (χ1n) is 13.7. The molecule has 0 spiro atoms. The molecule has 3 N–H and O–H groups in total. The van der Waals surface area contributed by atoms with Gasteiger partial charge in [0, 0.05) is 29.4 Å². The Morgan fingerprint density at radius 2 is 1.88 bits per heavy atom. The van der Waals surface area contributed by atoms with Crippen LogP contribution in [0, 0.1) is 12.8 Å². The van der Waals surface area contributed by atoms with Crippen LogP contribution in [0.25, 0.3) is 11.3 Å². The molecule has 1 aromatic heterocycles. The number of benzene rings is 2. The number of allylic oxidation sites excluding steroid dienone is 2. The zero-order valence-corrected chi connectivity index (χ0v) is 23.4. The highest BCUT2D eigenvalue weighted by Gasteiger charge is 2.25. The van der Waals surface area contributed by atoms with Gasteiger partial charge in [0.25, 0.3) is 11.8 Å². The lowest BCUT2D eigenvalue weighted by Crippen LogP contribution is -2.25. The summed E-state index contributed by atoms with van der Waals surface area (Å²) in [7, 11) is 0. The van der Waals surface area contributed by atoms with Gasteiger partial charge in [0.15, 0.2) is 16.6 Å². The number of nitrogens with one attached hydrogen (secondary N) is 3. The monoisotopic (exact) mass is 556 g/mol. The van der Waals surface area contributed by atoms with E-state index in [0.717, 1.165) is 41.6 Å². The predicted octanol–water partition coefficient (Wildman–Crippen LogP) is 5.78. The smallest absolute Gasteiger partial charge is 0.264 e. The van der Waals surface area contributed by atoms with Crippen molar-refractivity contribution in [2.24, 2.45) is 5.92 Å². The number of aryl methyl sites for hydroxylation is 1. The summed E-state index contributed by atoms with van der Waals surface area (Å²) in [6, 6.07) is 11.5. The quantitative estimate of drug-likeness (QED) is 0.325. The summed E-state index contributed by atoms with van der Waals surface area (Å²) in [5, 5.41) is 10.0. The van der Waals surface area contributed by atoms with Crippen LogP contribution in [0.2, 0.25) is 0 Å². The van der Waals surface area contributed by atoms with Gasteiger partial charge in [-0.2, -0.15) is 0 Å². The average Bonchev–Trinajstić information content (AvgIpc) is 3.68. The molecule has 2 amide bonds. The molecule has 1 saturated carbocycles. The highest BCUT2D eigenvalue weighted by molar-refractivity contribution is 7.18. The van der Waals surface area contributed by atoms with Gasteiger partial charge >= 0.3 is 0 Å². The van der Waals surface area contributed by atoms with E-state index in [-0.39, 0.29) is 17.9 Å². The molecule has 2 aliphatic carbocycles. The second kappa shape index (κ2) is 11.2. The first kappa shape index (κ1) is 26.1. The van der Waals surface area contributed by atoms with E-state index >= 15 is 0 Å². The molecule has 2 heterocycles. The highest BCUT2D eigenvalue weighted by atomic mass is 32.1. The van der Waals surface area contributed by atoms with Crippen molar-refractivity contribution < 1.29 is 19.1 Å². The number of anilines is 2. The summed E-state index contributed by atoms with van der Waals surface area (Å²) in [6.45, 7) is 5.56. The normalized spacial score (nSPS) is 17.6. The number of hydrogen-bond donors (Lipinski definition) is 3. The van der Waals surface area contributed by atoms with Crippen molar-refractivity contribution >= 4 is 34.0 Å². The second-order valence-electron chi connectivity index (χ2n) is 10.5. The maximum absolute atomic E-state index is 13.5. The van der Waals surface area contributed by atoms with Gasteiger partial charge in [0.1, 0.15) is 18.1 Å². The first-order chi connectivity index (χ1) is 19.4. The Morgan fingerprint density at radius 3 is 2.67 bits per heavy atom. The molecule has 2 aromatic carbocycles. The molecule has 40 heavy (non-hydrogen) atoms. The van der Waals surface area contributed by atoms with Crippen LogP contribution in [0.3, 0.4) is 0 Å². The number of carbonyl (C=O) groups is 2. The van der Waals surface area contributed by atoms with Crippen LogP contribution in [0.15, 0.2) is 60.2 Å². The largest absolute Gasteiger partial charge is 0.486 e. The van der Waals surface area contributed by atoms with Crippen LogP contribution in [0.1, 0.15) is 51.8 Å². The number of carbonyl (C=O) groups excluding carboxylic acids is 2. The van der Waals surface area contributed by atoms with Crippen LogP contribution in [0.5, 0.6) is 11.5 Å². The molecule has 0 saturated heterocycles. The zero-order chi connectivity index (χ0) is 27.6. The number of nitrogens with zero attached hydrogens (tertiary/aromatic N) is 1. The van der Waals surface area contributed by atoms with Crippen molar-refractivity contribution in [2.45, 2.75) is 39.2 Å². The van der Waals surface area contributed by atoms with Gasteiger partial charge in [-0.25, -0.2) is 4.98 Å². The highest BCUT2D eigenvalue weighted by Crippen LogP contribution is 2.38. The van der Waals surface area contributed by atoms with Crippen LogP contribution in [-0.2, 0) is 0 Å². The number of rotatable bonds is 8. The number of ether oxygens (including phenoxy) is 2. The lowest BCUT2D eigenvalue weighted by atomic mass is 9.98. The lowest BCUT2D eigenvalue weighted by molar-refractivity contribution is 0.0946. The van der Waals surface area contributed by atoms with Crippen molar-refractivity contribution in [3.63, 3.8) is 0 Å². The Bertz CT molecular complexity index is 1520. The fourth-order valence-corrected chi connectivity index (χ4v) is 5.64. The molecule has 8 nitrogen and oxygen atoms in total. The van der Waals surface area contributed by atoms with Gasteiger partial charge in [-0.3, -0.25) is 9.59 Å². The SMILES string of the molecule is Cc1ccc(C(=O)NC2CC2)cc1Nc1nc(-c2ccc3c(c2)OCCO3)c(C(=O)NCC2=CC(C)CC=C2)s1. The van der Waals surface area contributed by atoms with E-state index in [9.17, 15) is 9.59 Å². The molecule has 1 atom stereocenters. The second-order valence-corrected chi connectivity index (χ2v) is 11.5. The molecular formula is C31H32N4O4S. The minimum absolute atomic E-state index is 0.0814. The van der Waals surface area contributed by atoms with Crippen molar-refractivity contribution in [2.75, 3.05) is 25.1 Å². The van der Waals surface area contributed by atoms with E-state index in [2.05, 4.69) is 41.1 Å². The fourth-order valence-electron chi connectivity index (χ4n) is 4.73. The van der Waals surface area contributed by atoms with Crippen molar-refractivity contribution in [1.29, 1.82) is 0 Å². The Hall–Kier alpha value is -4.11. The van der Waals surface area contributed by atoms with Gasteiger partial charge in [0.05, 0.1) is 5.69 Å². The van der Waals surface area contributed by atoms with Gasteiger partial charge in [-0.05, 0) is 73.6 Å². The Balaban J connectivity index is 1.29. The van der Waals surface area contributed by atoms with Crippen molar-refractivity contribution in [3.8, 4) is 22.8 Å². The van der Waals surface area contributed by atoms with Gasteiger partial charge < -0.3 is 25.4 Å². The van der Waals surface area contributed by atoms with E-state index < -0.39 is 0 Å². The van der Waals surface area contributed by atoms with E-state index in [1.54, 1.807) is 0 Å². The number of thiazole rings is 1. The standard InChI is InChI=1S/C31H32N4O4S/c1-18-4-3-5-20(14-18)17-32-30(37)28-27(21-8-11-25-26(16-21)39-13-12-38-25)35-31(40-28)34-24-15-22(7-6-19(24)2)29(36)33-23-9-10-23/h3,5-8,11,14-16,18,23H,4,9-10,12-13,17H2,1-2H3,(H,32,37)(H,33,36)(H,34,35). The molecule has 206 valence electrons. The number of fused-ring (bicyclic) bond motifs is 1. The first-order valence-corrected chi connectivity index (χ1v) is 14.5. The topological polar surface area (TPSA) is 102 Å². The molecule has 1 unspecified atom stereocenters. The number of amides is 2. The predicted molar refractivity (Wildman–Crippen MR) is 157 cm³/mol. The molecule has 3 aromatic rings. The van der Waals surface area contributed by atoms with E-state index in [0.29, 0.717) is 58.4 Å². The molecule has 0 radical (unpaired) electrons. The Morgan fingerprint density at radius 1 is 1.05 bits per heavy atom. The van der Waals surface area contributed by atoms with Crippen LogP contribution in [0.4, 0.5) is 10.8 Å². The van der Waals surface area contributed by atoms with Crippen LogP contribution >= 0.6 is 11.3 Å². The molecule has 0 bridgehead atoms. The summed E-state index contributed by atoms with van der Waals surface area (Å²) >= 11 is 1.28. The lowest BCUT2D eigenvalue weighted by Gasteiger charge is -2.18. The fraction of sp³-hybridized carbons (Fsp3) is 0.323. The average molecular weight is 557 g/mol. The minimum atomic E-state index is -0.197. The summed E-state index contributed by atoms with van der Waals surface area (Å²) in [6.07, 6.45) is 9.47. The third-order valence-corrected chi connectivity index (χ3v) is 8.06. The molecule has 1 fully saturated rings. The Kier molecular flexibility index (Phi) is 7.30. The number of aromatic nitrogens is 1. The molecule has 9 heteroatoms. The summed E-state index contributed by atoms with van der Waals surface area (Å²) < 4.78 is 11.5. The van der Waals surface area contributed by atoms with Crippen LogP contribution < -0.4 is 25.4 Å². The van der Waals surface area contributed by atoms with Crippen molar-refractivity contribution in [3.05, 3.63) is 76.2 Å². The summed E-state index contributed by atoms with van der Waals surface area (Å²) in [4.78, 5) is 31.5. The minimum Gasteiger partial charge on any atom is -0.486 e. The van der Waals surface area contributed by atoms with Gasteiger partial charge in [-0.1, -0.05) is 42.6 Å². The molecule has 6 rings (SSSR count). The Labute approximate surface area is 237 Å². The molecule has 3 aliphatic rings. The van der Waals surface area contributed by atoms with E-state index in [1.807, 2.05) is 43.3 Å². The summed E-state index contributed by atoms with van der Waals surface area (Å²) in [5.74, 6) is 1.49. The maximum Gasteiger partial charge on any atom is 0.264 e. The molecular weight excluding hydrogens is 524 g/mol. The zero-order valence-electron chi connectivity index (χ0n) is 22.6. The van der Waals surface area contributed by atoms with E-state index in [1.165, 1.54) is 11.3 Å². The van der Waals surface area contributed by atoms with Gasteiger partial charge in [-0.15, -0.1) is 0 Å². The number of hydrogen-bond acceptors (Lipinski definition) is 7. The summed E-state index contributed by atoms with van der Waals surface area (Å²) in [5.41, 5.74) is 4.74. The van der Waals surface area contributed by atoms with Crippen molar-refractivity contribution in [1.82, 2.24) is 15.6 Å². The maximum atomic E-state index is 13.5. The third kappa shape index (κ3) is 5.89. The molecule has 1 aliphatic heterocycles. The van der Waals surface area contributed by atoms with E-state index in [4.69, 9.17) is 14.5 Å². The van der Waals surface area contributed by atoms with Gasteiger partial charge in [0.2, 0.25) is 0 Å².